The Morgan fingerprint density at radius 3 is 2.88 bits per heavy atom. The topological polar surface area (TPSA) is 68.0 Å². The van der Waals surface area contributed by atoms with Crippen LogP contribution in [-0.2, 0) is 6.42 Å². The number of benzene rings is 1. The summed E-state index contributed by atoms with van der Waals surface area (Å²) in [7, 11) is 1.88. The van der Waals surface area contributed by atoms with Crippen LogP contribution in [0.5, 0.6) is 0 Å². The molecule has 1 aromatic heterocycles. The number of hydrogen-bond donors (Lipinski definition) is 4. The van der Waals surface area contributed by atoms with Crippen LogP contribution in [0.2, 0.25) is 0 Å². The first kappa shape index (κ1) is 24.3. The van der Waals surface area contributed by atoms with E-state index in [1.54, 1.807) is 24.5 Å². The van der Waals surface area contributed by atoms with Gasteiger partial charge in [0.1, 0.15) is 6.17 Å². The molecule has 2 aliphatic rings. The number of aromatic nitrogens is 2. The number of nitrogens with zero attached hydrogens (tertiary/aromatic N) is 2. The van der Waals surface area contributed by atoms with Crippen molar-refractivity contribution in [3.63, 3.8) is 0 Å². The lowest BCUT2D eigenvalue weighted by Gasteiger charge is -2.37. The lowest BCUT2D eigenvalue weighted by molar-refractivity contribution is -0.0968. The third-order valence-corrected chi connectivity index (χ3v) is 6.38. The minimum absolute atomic E-state index is 0.329. The van der Waals surface area contributed by atoms with Crippen LogP contribution in [0, 0.1) is 0 Å². The van der Waals surface area contributed by atoms with Gasteiger partial charge in [-0.1, -0.05) is 30.9 Å². The highest BCUT2D eigenvalue weighted by molar-refractivity contribution is 5.59. The van der Waals surface area contributed by atoms with Crippen LogP contribution in [0.3, 0.4) is 0 Å². The van der Waals surface area contributed by atoms with Gasteiger partial charge in [0.15, 0.2) is 5.95 Å². The second kappa shape index (κ2) is 10.2. The summed E-state index contributed by atoms with van der Waals surface area (Å²) in [4.78, 5) is 8.94. The molecular weight excluding hydrogens is 448 g/mol. The number of halogens is 4. The first-order valence-corrected chi connectivity index (χ1v) is 11.3. The maximum absolute atomic E-state index is 14.7. The van der Waals surface area contributed by atoms with Crippen molar-refractivity contribution in [2.24, 2.45) is 0 Å². The van der Waals surface area contributed by atoms with Crippen LogP contribution < -0.4 is 16.0 Å². The zero-order valence-electron chi connectivity index (χ0n) is 19.0. The van der Waals surface area contributed by atoms with Crippen molar-refractivity contribution < 1.29 is 17.6 Å². The van der Waals surface area contributed by atoms with Gasteiger partial charge in [-0.3, -0.25) is 5.32 Å². The van der Waals surface area contributed by atoms with Gasteiger partial charge < -0.3 is 20.5 Å². The Labute approximate surface area is 196 Å². The molecule has 1 aromatic carbocycles. The molecule has 2 aliphatic heterocycles. The van der Waals surface area contributed by atoms with Gasteiger partial charge in [0.2, 0.25) is 0 Å². The van der Waals surface area contributed by atoms with Gasteiger partial charge >= 0.3 is 6.18 Å². The van der Waals surface area contributed by atoms with E-state index in [1.807, 2.05) is 30.2 Å². The zero-order valence-corrected chi connectivity index (χ0v) is 19.0. The summed E-state index contributed by atoms with van der Waals surface area (Å²) in [6.07, 6.45) is 2.52. The number of aromatic amines is 1. The zero-order chi connectivity index (χ0) is 24.3. The van der Waals surface area contributed by atoms with Gasteiger partial charge in [0, 0.05) is 49.3 Å². The minimum Gasteiger partial charge on any atom is -0.379 e. The van der Waals surface area contributed by atoms with Crippen LogP contribution in [0.1, 0.15) is 23.6 Å². The van der Waals surface area contributed by atoms with Crippen LogP contribution in [0.4, 0.5) is 29.2 Å². The average molecular weight is 479 g/mol. The second-order valence-electron chi connectivity index (χ2n) is 8.87. The number of anilines is 2. The molecular formula is C24H30F4N6. The number of likely N-dealkylation sites (tertiary alicyclic amines) is 1. The highest BCUT2D eigenvalue weighted by Gasteiger charge is 2.41. The summed E-state index contributed by atoms with van der Waals surface area (Å²) in [5.74, 6) is 0.611. The van der Waals surface area contributed by atoms with Gasteiger partial charge in [0.05, 0.1) is 12.1 Å². The summed E-state index contributed by atoms with van der Waals surface area (Å²) in [6.45, 7) is 4.91. The van der Waals surface area contributed by atoms with E-state index in [9.17, 15) is 17.6 Å². The van der Waals surface area contributed by atoms with E-state index in [0.29, 0.717) is 43.1 Å². The van der Waals surface area contributed by atoms with Gasteiger partial charge in [-0.05, 0) is 37.1 Å². The van der Waals surface area contributed by atoms with E-state index in [0.717, 1.165) is 12.1 Å². The molecule has 4 atom stereocenters. The highest BCUT2D eigenvalue weighted by atomic mass is 19.4. The van der Waals surface area contributed by atoms with Gasteiger partial charge in [-0.15, -0.1) is 0 Å². The van der Waals surface area contributed by atoms with Crippen molar-refractivity contribution in [2.75, 3.05) is 37.3 Å². The number of rotatable bonds is 7. The van der Waals surface area contributed by atoms with E-state index in [2.05, 4.69) is 32.5 Å². The Hall–Kier alpha value is -2.85. The van der Waals surface area contributed by atoms with Crippen molar-refractivity contribution in [1.82, 2.24) is 20.2 Å². The maximum atomic E-state index is 14.7. The highest BCUT2D eigenvalue weighted by Crippen LogP contribution is 2.40. The number of imidazole rings is 1. The summed E-state index contributed by atoms with van der Waals surface area (Å²) in [6, 6.07) is 3.41. The predicted molar refractivity (Wildman–Crippen MR) is 126 cm³/mol. The molecule has 0 bridgehead atoms. The van der Waals surface area contributed by atoms with Crippen molar-refractivity contribution in [3.05, 3.63) is 66.0 Å². The van der Waals surface area contributed by atoms with Gasteiger partial charge in [-0.2, -0.15) is 13.2 Å². The molecule has 6 nitrogen and oxygen atoms in total. The van der Waals surface area contributed by atoms with Crippen molar-refractivity contribution in [1.29, 1.82) is 0 Å². The standard InChI is InChI=1S/C24H30F4N6/c1-15(24(26,27)28)22-17-6-3-7-20(33-21-8-12-34(2)14-19(21)25)18(17)13-16(32-22)5-4-9-29-23-30-10-11-31-23/h3-7,10-11,16,19,21-22,32-33H,1,8-9,12-14H2,2H3,(H2,29,30,31)/b5-4+/t16?,19-,21+,22?/m0/s1. The van der Waals surface area contributed by atoms with Crippen molar-refractivity contribution >= 4 is 11.6 Å². The molecule has 4 rings (SSSR count). The summed E-state index contributed by atoms with van der Waals surface area (Å²) in [5.41, 5.74) is 1.12. The average Bonchev–Trinajstić information content (AvgIpc) is 3.31. The molecule has 1 fully saturated rings. The van der Waals surface area contributed by atoms with E-state index in [1.165, 1.54) is 0 Å². The molecule has 0 amide bonds. The number of alkyl halides is 4. The molecule has 2 aromatic rings. The van der Waals surface area contributed by atoms with Gasteiger partial charge in [0.25, 0.3) is 0 Å². The second-order valence-corrected chi connectivity index (χ2v) is 8.87. The maximum Gasteiger partial charge on any atom is 0.413 e. The van der Waals surface area contributed by atoms with Crippen LogP contribution in [-0.4, -0.2) is 66.0 Å². The molecule has 1 saturated heterocycles. The van der Waals surface area contributed by atoms with E-state index >= 15 is 0 Å². The molecule has 0 radical (unpaired) electrons. The van der Waals surface area contributed by atoms with Crippen molar-refractivity contribution in [2.45, 2.75) is 43.3 Å². The first-order chi connectivity index (χ1) is 16.2. The number of fused-ring (bicyclic) bond motifs is 1. The normalized spacial score (nSPS) is 25.8. The fourth-order valence-electron chi connectivity index (χ4n) is 4.57. The fraction of sp³-hybridized carbons (Fsp3) is 0.458. The monoisotopic (exact) mass is 478 g/mol. The third kappa shape index (κ3) is 5.61. The van der Waals surface area contributed by atoms with E-state index in [4.69, 9.17) is 0 Å². The Balaban J connectivity index is 1.56. The van der Waals surface area contributed by atoms with Crippen molar-refractivity contribution in [3.8, 4) is 0 Å². The number of nitrogens with one attached hydrogen (secondary N) is 4. The summed E-state index contributed by atoms with van der Waals surface area (Å²) < 4.78 is 55.6. The largest absolute Gasteiger partial charge is 0.413 e. The lowest BCUT2D eigenvalue weighted by atomic mass is 9.85. The summed E-state index contributed by atoms with van der Waals surface area (Å²) >= 11 is 0. The Morgan fingerprint density at radius 2 is 2.18 bits per heavy atom. The molecule has 34 heavy (non-hydrogen) atoms. The third-order valence-electron chi connectivity index (χ3n) is 6.38. The molecule has 0 aliphatic carbocycles. The quantitative estimate of drug-likeness (QED) is 0.355. The number of piperidine rings is 1. The predicted octanol–water partition coefficient (Wildman–Crippen LogP) is 4.21. The van der Waals surface area contributed by atoms with Crippen LogP contribution >= 0.6 is 0 Å². The van der Waals surface area contributed by atoms with Gasteiger partial charge in [-0.25, -0.2) is 9.37 Å². The van der Waals surface area contributed by atoms with Crippen LogP contribution in [0.25, 0.3) is 0 Å². The number of hydrogen-bond acceptors (Lipinski definition) is 5. The number of H-pyrrole nitrogens is 1. The van der Waals surface area contributed by atoms with E-state index < -0.39 is 24.0 Å². The Kier molecular flexibility index (Phi) is 7.27. The lowest BCUT2D eigenvalue weighted by Crippen LogP contribution is -2.46. The fourth-order valence-corrected chi connectivity index (χ4v) is 4.57. The van der Waals surface area contributed by atoms with E-state index in [-0.39, 0.29) is 12.1 Å². The SMILES string of the molecule is C=C(C1NC(/C=C/CNc2ncc[nH]2)Cc2c(N[C@@H]3CCN(C)C[C@@H]3F)cccc21)C(F)(F)F. The molecule has 0 spiro atoms. The van der Waals surface area contributed by atoms with Crippen LogP contribution in [0.15, 0.2) is 54.9 Å². The Morgan fingerprint density at radius 1 is 1.35 bits per heavy atom. The molecule has 2 unspecified atom stereocenters. The first-order valence-electron chi connectivity index (χ1n) is 11.3. The summed E-state index contributed by atoms with van der Waals surface area (Å²) in [5, 5.41) is 9.46. The minimum atomic E-state index is -4.54. The smallest absolute Gasteiger partial charge is 0.379 e. The Bertz CT molecular complexity index is 1000. The molecule has 184 valence electrons. The molecule has 4 N–H and O–H groups in total. The molecule has 3 heterocycles. The molecule has 10 heteroatoms. The molecule has 0 saturated carbocycles.